The van der Waals surface area contributed by atoms with Crippen LogP contribution in [-0.2, 0) is 6.54 Å². The van der Waals surface area contributed by atoms with E-state index in [2.05, 4.69) is 55.4 Å². The first kappa shape index (κ1) is 13.6. The van der Waals surface area contributed by atoms with Crippen molar-refractivity contribution in [2.75, 3.05) is 20.1 Å². The second-order valence-corrected chi connectivity index (χ2v) is 5.69. The van der Waals surface area contributed by atoms with Crippen LogP contribution in [0.4, 0.5) is 0 Å². The van der Waals surface area contributed by atoms with Gasteiger partial charge in [-0.3, -0.25) is 0 Å². The Kier molecular flexibility index (Phi) is 4.79. The van der Waals surface area contributed by atoms with E-state index in [-0.39, 0.29) is 0 Å². The Morgan fingerprint density at radius 2 is 2.17 bits per heavy atom. The summed E-state index contributed by atoms with van der Waals surface area (Å²) in [5.41, 5.74) is 2.77. The van der Waals surface area contributed by atoms with Gasteiger partial charge in [-0.25, -0.2) is 0 Å². The Labute approximate surface area is 111 Å². The first-order valence-corrected chi connectivity index (χ1v) is 7.16. The molecule has 1 aliphatic rings. The number of hydrogen-bond donors (Lipinski definition) is 1. The normalized spacial score (nSPS) is 17.1. The van der Waals surface area contributed by atoms with Crippen molar-refractivity contribution < 1.29 is 0 Å². The highest BCUT2D eigenvalue weighted by Crippen LogP contribution is 2.32. The molecular weight excluding hydrogens is 220 g/mol. The number of likely N-dealkylation sites (N-methyl/N-ethyl adjacent to an activating group) is 2. The molecule has 0 saturated heterocycles. The van der Waals surface area contributed by atoms with Crippen LogP contribution in [-0.4, -0.2) is 31.1 Å². The van der Waals surface area contributed by atoms with E-state index in [1.165, 1.54) is 24.0 Å². The molecule has 18 heavy (non-hydrogen) atoms. The van der Waals surface area contributed by atoms with Crippen LogP contribution in [0.2, 0.25) is 0 Å². The fourth-order valence-corrected chi connectivity index (χ4v) is 2.66. The van der Waals surface area contributed by atoms with Crippen LogP contribution in [0.1, 0.15) is 30.9 Å². The summed E-state index contributed by atoms with van der Waals surface area (Å²) in [5.74, 6) is 0.921. The molecule has 0 aromatic heterocycles. The molecule has 0 spiro atoms. The van der Waals surface area contributed by atoms with E-state index in [1.807, 2.05) is 0 Å². The van der Waals surface area contributed by atoms with Gasteiger partial charge in [-0.05, 0) is 44.8 Å². The van der Waals surface area contributed by atoms with E-state index in [4.69, 9.17) is 0 Å². The number of benzene rings is 1. The lowest BCUT2D eigenvalue weighted by Crippen LogP contribution is -2.40. The van der Waals surface area contributed by atoms with Gasteiger partial charge < -0.3 is 10.2 Å². The second kappa shape index (κ2) is 6.35. The third-order valence-electron chi connectivity index (χ3n) is 3.70. The van der Waals surface area contributed by atoms with Gasteiger partial charge in [0.05, 0.1) is 0 Å². The van der Waals surface area contributed by atoms with E-state index in [0.29, 0.717) is 6.04 Å². The Morgan fingerprint density at radius 1 is 1.39 bits per heavy atom. The molecule has 1 unspecified atom stereocenters. The molecule has 1 fully saturated rings. The zero-order chi connectivity index (χ0) is 13.0. The maximum atomic E-state index is 3.63. The van der Waals surface area contributed by atoms with E-state index in [9.17, 15) is 0 Å². The van der Waals surface area contributed by atoms with E-state index >= 15 is 0 Å². The molecule has 1 atom stereocenters. The highest BCUT2D eigenvalue weighted by Gasteiger charge is 2.31. The summed E-state index contributed by atoms with van der Waals surface area (Å²) >= 11 is 0. The Morgan fingerprint density at radius 3 is 2.78 bits per heavy atom. The van der Waals surface area contributed by atoms with Crippen molar-refractivity contribution in [1.29, 1.82) is 0 Å². The lowest BCUT2D eigenvalue weighted by molar-refractivity contribution is 0.269. The fraction of sp³-hybridized carbons (Fsp3) is 0.625. The van der Waals surface area contributed by atoms with Crippen molar-refractivity contribution in [2.24, 2.45) is 5.92 Å². The summed E-state index contributed by atoms with van der Waals surface area (Å²) in [6.07, 6.45) is 2.83. The summed E-state index contributed by atoms with van der Waals surface area (Å²) in [5, 5.41) is 3.63. The monoisotopic (exact) mass is 246 g/mol. The first-order valence-electron chi connectivity index (χ1n) is 7.16. The Balaban J connectivity index is 1.85. The van der Waals surface area contributed by atoms with Gasteiger partial charge in [0.15, 0.2) is 0 Å². The summed E-state index contributed by atoms with van der Waals surface area (Å²) in [7, 11) is 2.23. The minimum Gasteiger partial charge on any atom is -0.313 e. The topological polar surface area (TPSA) is 15.3 Å². The molecule has 1 N–H and O–H groups in total. The quantitative estimate of drug-likeness (QED) is 0.796. The summed E-state index contributed by atoms with van der Waals surface area (Å²) < 4.78 is 0. The van der Waals surface area contributed by atoms with Crippen LogP contribution in [0.15, 0.2) is 24.3 Å². The minimum absolute atomic E-state index is 0.685. The molecule has 1 aromatic carbocycles. The van der Waals surface area contributed by atoms with Crippen LogP contribution in [0, 0.1) is 12.8 Å². The molecular formula is C16H26N2. The third kappa shape index (κ3) is 4.11. The van der Waals surface area contributed by atoms with Crippen LogP contribution in [0.5, 0.6) is 0 Å². The molecule has 2 heteroatoms. The van der Waals surface area contributed by atoms with Crippen molar-refractivity contribution in [1.82, 2.24) is 10.2 Å². The SMILES string of the molecule is CCNC(CN(C)Cc1cccc(C)c1)C1CC1. The predicted octanol–water partition coefficient (Wildman–Crippen LogP) is 2.81. The summed E-state index contributed by atoms with van der Waals surface area (Å²) in [4.78, 5) is 2.44. The minimum atomic E-state index is 0.685. The molecule has 1 aliphatic carbocycles. The van der Waals surface area contributed by atoms with Crippen LogP contribution in [0.3, 0.4) is 0 Å². The van der Waals surface area contributed by atoms with Gasteiger partial charge in [-0.2, -0.15) is 0 Å². The third-order valence-corrected chi connectivity index (χ3v) is 3.70. The fourth-order valence-electron chi connectivity index (χ4n) is 2.66. The lowest BCUT2D eigenvalue weighted by atomic mass is 10.1. The maximum Gasteiger partial charge on any atom is 0.0231 e. The largest absolute Gasteiger partial charge is 0.313 e. The molecule has 0 radical (unpaired) electrons. The number of nitrogens with one attached hydrogen (secondary N) is 1. The van der Waals surface area contributed by atoms with Crippen LogP contribution in [0.25, 0.3) is 0 Å². The van der Waals surface area contributed by atoms with Gasteiger partial charge in [0, 0.05) is 19.1 Å². The molecule has 0 bridgehead atoms. The highest BCUT2D eigenvalue weighted by atomic mass is 15.1. The molecule has 0 amide bonds. The average Bonchev–Trinajstić information content (AvgIpc) is 3.12. The van der Waals surface area contributed by atoms with Crippen molar-refractivity contribution in [3.63, 3.8) is 0 Å². The lowest BCUT2D eigenvalue weighted by Gasteiger charge is -2.24. The molecule has 0 aliphatic heterocycles. The van der Waals surface area contributed by atoms with Crippen LogP contribution >= 0.6 is 0 Å². The van der Waals surface area contributed by atoms with Crippen LogP contribution < -0.4 is 5.32 Å². The van der Waals surface area contributed by atoms with E-state index in [1.54, 1.807) is 0 Å². The highest BCUT2D eigenvalue weighted by molar-refractivity contribution is 5.22. The van der Waals surface area contributed by atoms with Crippen molar-refractivity contribution in [3.8, 4) is 0 Å². The standard InChI is InChI=1S/C16H26N2/c1-4-17-16(15-8-9-15)12-18(3)11-14-7-5-6-13(2)10-14/h5-7,10,15-17H,4,8-9,11-12H2,1-3H3. The van der Waals surface area contributed by atoms with Gasteiger partial charge in [-0.1, -0.05) is 36.8 Å². The predicted molar refractivity (Wildman–Crippen MR) is 77.7 cm³/mol. The molecule has 1 saturated carbocycles. The van der Waals surface area contributed by atoms with Gasteiger partial charge in [0.2, 0.25) is 0 Å². The maximum absolute atomic E-state index is 3.63. The first-order chi connectivity index (χ1) is 8.69. The van der Waals surface area contributed by atoms with Crippen molar-refractivity contribution in [2.45, 2.75) is 39.3 Å². The Bertz CT molecular complexity index is 371. The number of rotatable bonds is 7. The Hall–Kier alpha value is -0.860. The summed E-state index contributed by atoms with van der Waals surface area (Å²) in [6.45, 7) is 7.66. The summed E-state index contributed by atoms with van der Waals surface area (Å²) in [6, 6.07) is 9.51. The smallest absolute Gasteiger partial charge is 0.0231 e. The average molecular weight is 246 g/mol. The molecule has 2 nitrogen and oxygen atoms in total. The number of aryl methyl sites for hydroxylation is 1. The number of hydrogen-bond acceptors (Lipinski definition) is 2. The van der Waals surface area contributed by atoms with E-state index < -0.39 is 0 Å². The number of nitrogens with zero attached hydrogens (tertiary/aromatic N) is 1. The molecule has 100 valence electrons. The van der Waals surface area contributed by atoms with Gasteiger partial charge >= 0.3 is 0 Å². The van der Waals surface area contributed by atoms with Gasteiger partial charge in [0.25, 0.3) is 0 Å². The van der Waals surface area contributed by atoms with Gasteiger partial charge in [0.1, 0.15) is 0 Å². The zero-order valence-electron chi connectivity index (χ0n) is 11.9. The second-order valence-electron chi connectivity index (χ2n) is 5.69. The van der Waals surface area contributed by atoms with Crippen molar-refractivity contribution >= 4 is 0 Å². The molecule has 1 aromatic rings. The molecule has 0 heterocycles. The molecule has 2 rings (SSSR count). The van der Waals surface area contributed by atoms with Gasteiger partial charge in [-0.15, -0.1) is 0 Å². The van der Waals surface area contributed by atoms with E-state index in [0.717, 1.165) is 25.6 Å². The zero-order valence-corrected chi connectivity index (χ0v) is 11.9. The van der Waals surface area contributed by atoms with Crippen molar-refractivity contribution in [3.05, 3.63) is 35.4 Å².